The Hall–Kier alpha value is -1.78. The van der Waals surface area contributed by atoms with Gasteiger partial charge in [-0.3, -0.25) is 0 Å². The summed E-state index contributed by atoms with van der Waals surface area (Å²) < 4.78 is 1.15. The lowest BCUT2D eigenvalue weighted by molar-refractivity contribution is 0.412. The minimum atomic E-state index is -0.147. The molecule has 11 heavy (non-hydrogen) atoms. The van der Waals surface area contributed by atoms with E-state index in [2.05, 4.69) is 10.1 Å². The van der Waals surface area contributed by atoms with E-state index >= 15 is 0 Å². The third-order valence-corrected chi connectivity index (χ3v) is 1.33. The highest BCUT2D eigenvalue weighted by Gasteiger charge is 2.01. The number of hydrogen-bond acceptors (Lipinski definition) is 4. The van der Waals surface area contributed by atoms with Gasteiger partial charge in [-0.25, -0.2) is 4.98 Å². The number of rotatable bonds is 0. The number of imidazole rings is 1. The Morgan fingerprint density at radius 3 is 2.91 bits per heavy atom. The molecule has 2 N–H and O–H groups in total. The van der Waals surface area contributed by atoms with Crippen LogP contribution in [0.25, 0.3) is 5.65 Å². The first-order chi connectivity index (χ1) is 5.27. The summed E-state index contributed by atoms with van der Waals surface area (Å²) in [6, 6.07) is 2.96. The molecule has 2 rings (SSSR count). The molecule has 2 aromatic rings. The lowest BCUT2D eigenvalue weighted by Crippen LogP contribution is -1.89. The highest BCUT2D eigenvalue weighted by Crippen LogP contribution is 2.12. The Morgan fingerprint density at radius 1 is 1.27 bits per heavy atom. The highest BCUT2D eigenvalue weighted by molar-refractivity contribution is 5.40. The summed E-state index contributed by atoms with van der Waals surface area (Å²) in [7, 11) is 0. The van der Waals surface area contributed by atoms with Crippen LogP contribution >= 0.6 is 0 Å². The van der Waals surface area contributed by atoms with Crippen molar-refractivity contribution >= 4 is 5.65 Å². The summed E-state index contributed by atoms with van der Waals surface area (Å²) in [5, 5.41) is 21.6. The maximum absolute atomic E-state index is 9.06. The van der Waals surface area contributed by atoms with Crippen LogP contribution in [0.1, 0.15) is 0 Å². The van der Waals surface area contributed by atoms with Crippen molar-refractivity contribution in [1.29, 1.82) is 0 Å². The molecule has 0 saturated carbocycles. The molecule has 0 aromatic carbocycles. The van der Waals surface area contributed by atoms with Crippen molar-refractivity contribution in [2.75, 3.05) is 0 Å². The van der Waals surface area contributed by atoms with E-state index in [9.17, 15) is 0 Å². The number of hydrogen-bond donors (Lipinski definition) is 2. The van der Waals surface area contributed by atoms with Gasteiger partial charge in [-0.1, -0.05) is 0 Å². The van der Waals surface area contributed by atoms with Crippen molar-refractivity contribution in [3.8, 4) is 11.8 Å². The number of nitrogens with zero attached hydrogens (tertiary/aromatic N) is 3. The van der Waals surface area contributed by atoms with Crippen LogP contribution in [0.4, 0.5) is 0 Å². The summed E-state index contributed by atoms with van der Waals surface area (Å²) in [5.41, 5.74) is 0.500. The predicted molar refractivity (Wildman–Crippen MR) is 36.3 cm³/mol. The molecule has 2 heterocycles. The summed E-state index contributed by atoms with van der Waals surface area (Å²) in [5.74, 6) is -0.235. The van der Waals surface area contributed by atoms with Gasteiger partial charge < -0.3 is 10.2 Å². The van der Waals surface area contributed by atoms with E-state index < -0.39 is 0 Å². The van der Waals surface area contributed by atoms with Crippen LogP contribution in [0.5, 0.6) is 11.8 Å². The van der Waals surface area contributed by atoms with Crippen LogP contribution in [-0.4, -0.2) is 24.8 Å². The average Bonchev–Trinajstić information content (AvgIpc) is 2.33. The second kappa shape index (κ2) is 1.85. The topological polar surface area (TPSA) is 70.7 Å². The van der Waals surface area contributed by atoms with Crippen LogP contribution in [0.3, 0.4) is 0 Å². The maximum atomic E-state index is 9.06. The smallest absolute Gasteiger partial charge is 0.233 e. The van der Waals surface area contributed by atoms with Crippen molar-refractivity contribution in [1.82, 2.24) is 14.6 Å². The predicted octanol–water partition coefficient (Wildman–Crippen LogP) is 0.141. The molecule has 0 aliphatic carbocycles. The fourth-order valence-electron chi connectivity index (χ4n) is 0.852. The molecule has 2 aromatic heterocycles. The molecule has 0 unspecified atom stereocenters. The Morgan fingerprint density at radius 2 is 2.09 bits per heavy atom. The number of aromatic hydroxyl groups is 2. The molecule has 0 saturated heterocycles. The molecular formula is C6H5N3O2. The lowest BCUT2D eigenvalue weighted by Gasteiger charge is -1.92. The van der Waals surface area contributed by atoms with Crippen LogP contribution in [0, 0.1) is 0 Å². The highest BCUT2D eigenvalue weighted by atomic mass is 16.3. The van der Waals surface area contributed by atoms with E-state index in [-0.39, 0.29) is 11.8 Å². The zero-order valence-corrected chi connectivity index (χ0v) is 5.47. The Bertz CT molecular complexity index is 396. The standard InChI is InChI=1S/C6H5N3O2/c10-5-2-1-4-7-3-6(11)9(4)8-5/h1-3,11H,(H,8,10). The van der Waals surface area contributed by atoms with Crippen molar-refractivity contribution in [3.05, 3.63) is 18.3 Å². The van der Waals surface area contributed by atoms with Gasteiger partial charge in [-0.2, -0.15) is 4.52 Å². The average molecular weight is 151 g/mol. The number of aromatic nitrogens is 3. The molecule has 0 aliphatic heterocycles. The van der Waals surface area contributed by atoms with Gasteiger partial charge >= 0.3 is 0 Å². The van der Waals surface area contributed by atoms with Gasteiger partial charge in [0.2, 0.25) is 11.8 Å². The van der Waals surface area contributed by atoms with Gasteiger partial charge in [0.1, 0.15) is 0 Å². The molecule has 56 valence electrons. The first-order valence-electron chi connectivity index (χ1n) is 3.00. The Balaban J connectivity index is 2.87. The van der Waals surface area contributed by atoms with Crippen molar-refractivity contribution < 1.29 is 10.2 Å². The van der Waals surface area contributed by atoms with Crippen LogP contribution in [-0.2, 0) is 0 Å². The molecule has 5 heteroatoms. The second-order valence-electron chi connectivity index (χ2n) is 2.08. The van der Waals surface area contributed by atoms with Gasteiger partial charge in [-0.05, 0) is 6.07 Å². The van der Waals surface area contributed by atoms with Gasteiger partial charge in [0, 0.05) is 6.07 Å². The second-order valence-corrected chi connectivity index (χ2v) is 2.08. The molecule has 0 fully saturated rings. The van der Waals surface area contributed by atoms with Crippen LogP contribution in [0.2, 0.25) is 0 Å². The third kappa shape index (κ3) is 0.778. The molecule has 0 spiro atoms. The molecule has 0 aliphatic rings. The van der Waals surface area contributed by atoms with E-state index in [1.807, 2.05) is 0 Å². The van der Waals surface area contributed by atoms with E-state index in [0.29, 0.717) is 5.65 Å². The quantitative estimate of drug-likeness (QED) is 0.561. The minimum absolute atomic E-state index is 0.0871. The van der Waals surface area contributed by atoms with Crippen molar-refractivity contribution in [3.63, 3.8) is 0 Å². The van der Waals surface area contributed by atoms with E-state index in [4.69, 9.17) is 10.2 Å². The van der Waals surface area contributed by atoms with Crippen LogP contribution < -0.4 is 0 Å². The molecular weight excluding hydrogens is 146 g/mol. The zero-order valence-electron chi connectivity index (χ0n) is 5.47. The molecule has 0 bridgehead atoms. The minimum Gasteiger partial charge on any atom is -0.492 e. The van der Waals surface area contributed by atoms with E-state index in [1.54, 1.807) is 6.07 Å². The Kier molecular flexibility index (Phi) is 1.00. The normalized spacial score (nSPS) is 10.5. The van der Waals surface area contributed by atoms with Gasteiger partial charge in [0.05, 0.1) is 6.20 Å². The van der Waals surface area contributed by atoms with Crippen molar-refractivity contribution in [2.45, 2.75) is 0 Å². The van der Waals surface area contributed by atoms with Crippen LogP contribution in [0.15, 0.2) is 18.3 Å². The van der Waals surface area contributed by atoms with Gasteiger partial charge in [-0.15, -0.1) is 5.10 Å². The van der Waals surface area contributed by atoms with E-state index in [1.165, 1.54) is 12.3 Å². The molecule has 0 radical (unpaired) electrons. The van der Waals surface area contributed by atoms with Crippen molar-refractivity contribution in [2.24, 2.45) is 0 Å². The maximum Gasteiger partial charge on any atom is 0.233 e. The fraction of sp³-hybridized carbons (Fsp3) is 0. The molecule has 5 nitrogen and oxygen atoms in total. The largest absolute Gasteiger partial charge is 0.492 e. The molecule has 0 atom stereocenters. The molecule has 0 amide bonds. The zero-order chi connectivity index (χ0) is 7.84. The first-order valence-corrected chi connectivity index (χ1v) is 3.00. The van der Waals surface area contributed by atoms with E-state index in [0.717, 1.165) is 4.52 Å². The summed E-state index contributed by atoms with van der Waals surface area (Å²) >= 11 is 0. The Labute approximate surface area is 61.5 Å². The lowest BCUT2D eigenvalue weighted by atomic mass is 10.5. The summed E-state index contributed by atoms with van der Waals surface area (Å²) in [6.45, 7) is 0. The summed E-state index contributed by atoms with van der Waals surface area (Å²) in [6.07, 6.45) is 1.27. The number of fused-ring (bicyclic) bond motifs is 1. The monoisotopic (exact) mass is 151 g/mol. The van der Waals surface area contributed by atoms with Gasteiger partial charge in [0.15, 0.2) is 5.65 Å². The third-order valence-electron chi connectivity index (χ3n) is 1.33. The first kappa shape index (κ1) is 5.96. The fourth-order valence-corrected chi connectivity index (χ4v) is 0.852. The van der Waals surface area contributed by atoms with Gasteiger partial charge in [0.25, 0.3) is 0 Å². The summed E-state index contributed by atoms with van der Waals surface area (Å²) in [4.78, 5) is 3.80. The SMILES string of the molecule is Oc1ccc2ncc(O)n2n1.